The van der Waals surface area contributed by atoms with Gasteiger partial charge < -0.3 is 15.3 Å². The van der Waals surface area contributed by atoms with Crippen LogP contribution in [0.25, 0.3) is 0 Å². The van der Waals surface area contributed by atoms with Crippen molar-refractivity contribution in [3.05, 3.63) is 64.9 Å². The first kappa shape index (κ1) is 16.8. The normalized spacial score (nSPS) is 24.1. The minimum Gasteiger partial charge on any atom is -0.481 e. The molecule has 6 heteroatoms. The van der Waals surface area contributed by atoms with Crippen molar-refractivity contribution >= 4 is 17.6 Å². The quantitative estimate of drug-likeness (QED) is 0.690. The number of anilines is 1. The number of carbonyl (C=O) groups is 2. The molecule has 164 valence electrons. The van der Waals surface area contributed by atoms with Crippen LogP contribution in [0.4, 0.5) is 10.1 Å². The highest BCUT2D eigenvalue weighted by Crippen LogP contribution is 2.38. The molecule has 1 heterocycles. The number of likely N-dealkylation sites (tertiary alicyclic amines) is 1. The molecule has 2 fully saturated rings. The number of hydrogen-bond acceptors (Lipinski definition) is 3. The second kappa shape index (κ2) is 9.08. The average molecular weight is 429 g/mol. The van der Waals surface area contributed by atoms with Gasteiger partial charge in [0, 0.05) is 22.4 Å². The van der Waals surface area contributed by atoms with Gasteiger partial charge in [-0.25, -0.2) is 4.39 Å². The van der Waals surface area contributed by atoms with Gasteiger partial charge in [0.15, 0.2) is 0 Å². The molecule has 2 aromatic rings. The fourth-order valence-corrected chi connectivity index (χ4v) is 4.78. The molecule has 2 atom stereocenters. The Kier molecular flexibility index (Phi) is 4.91. The van der Waals surface area contributed by atoms with Gasteiger partial charge in [-0.05, 0) is 61.8 Å². The first-order valence-corrected chi connectivity index (χ1v) is 10.8. The predicted octanol–water partition coefficient (Wildman–Crippen LogP) is 5.17. The first-order chi connectivity index (χ1) is 16.6. The summed E-state index contributed by atoms with van der Waals surface area (Å²) in [6.45, 7) is -2.57. The molecular weight excluding hydrogens is 395 g/mol. The molecule has 0 bridgehead atoms. The van der Waals surface area contributed by atoms with E-state index in [0.29, 0.717) is 30.1 Å². The van der Waals surface area contributed by atoms with E-state index in [2.05, 4.69) is 5.32 Å². The van der Waals surface area contributed by atoms with Gasteiger partial charge in [-0.2, -0.15) is 0 Å². The van der Waals surface area contributed by atoms with Gasteiger partial charge in [0.1, 0.15) is 5.82 Å². The Labute approximate surface area is 187 Å². The molecule has 2 N–H and O–H groups in total. The second-order valence-corrected chi connectivity index (χ2v) is 8.35. The number of carboxylic acids is 1. The highest BCUT2D eigenvalue weighted by atomic mass is 19.1. The van der Waals surface area contributed by atoms with Crippen molar-refractivity contribution in [1.29, 1.82) is 0 Å². The molecule has 0 unspecified atom stereocenters. The molecule has 1 saturated heterocycles. The molecule has 1 amide bonds. The number of piperidine rings is 1. The molecule has 2 aromatic carbocycles. The zero-order valence-electron chi connectivity index (χ0n) is 21.2. The van der Waals surface area contributed by atoms with Crippen molar-refractivity contribution in [3.63, 3.8) is 0 Å². The van der Waals surface area contributed by atoms with Gasteiger partial charge in [0.2, 0.25) is 0 Å². The van der Waals surface area contributed by atoms with Gasteiger partial charge in [-0.15, -0.1) is 0 Å². The standard InChI is InChI=1S/C25H29FN2O3/c1-16-6-4-10-21(26)22(16)24(29)28-15-5-9-20(25(30)31)23(28)17-11-13-19(14-12-17)27-18-7-2-3-8-18/h4,6,10-14,18,20,23,27H,2-3,5,7-9,15H2,1H3,(H,30,31)/t20-,23-/m0/s1/i1D3,13D. The summed E-state index contributed by atoms with van der Waals surface area (Å²) >= 11 is 0. The molecule has 1 aliphatic carbocycles. The number of benzene rings is 2. The molecule has 4 rings (SSSR count). The molecule has 0 radical (unpaired) electrons. The van der Waals surface area contributed by atoms with Gasteiger partial charge in [0.25, 0.3) is 5.91 Å². The van der Waals surface area contributed by atoms with E-state index in [9.17, 15) is 19.1 Å². The number of carbonyl (C=O) groups excluding carboxylic acids is 1. The molecule has 0 aromatic heterocycles. The third-order valence-corrected chi connectivity index (χ3v) is 6.33. The molecule has 1 saturated carbocycles. The summed E-state index contributed by atoms with van der Waals surface area (Å²) in [5, 5.41) is 13.3. The Morgan fingerprint density at radius 1 is 1.16 bits per heavy atom. The van der Waals surface area contributed by atoms with Crippen LogP contribution in [-0.2, 0) is 4.79 Å². The fourth-order valence-electron chi connectivity index (χ4n) is 4.78. The zero-order chi connectivity index (χ0) is 25.3. The van der Waals surface area contributed by atoms with E-state index in [1.165, 1.54) is 17.0 Å². The van der Waals surface area contributed by atoms with Crippen LogP contribution >= 0.6 is 0 Å². The molecule has 1 aliphatic heterocycles. The number of amides is 1. The third-order valence-electron chi connectivity index (χ3n) is 6.33. The van der Waals surface area contributed by atoms with Crippen LogP contribution in [0.1, 0.15) is 71.5 Å². The van der Waals surface area contributed by atoms with Crippen molar-refractivity contribution < 1.29 is 24.6 Å². The number of halogens is 1. The van der Waals surface area contributed by atoms with Crippen molar-refractivity contribution in [2.75, 3.05) is 11.9 Å². The van der Waals surface area contributed by atoms with Gasteiger partial charge in [-0.1, -0.05) is 37.1 Å². The first-order valence-electron chi connectivity index (χ1n) is 12.8. The van der Waals surface area contributed by atoms with Crippen LogP contribution < -0.4 is 5.32 Å². The van der Waals surface area contributed by atoms with Crippen molar-refractivity contribution in [2.45, 2.75) is 57.5 Å². The van der Waals surface area contributed by atoms with Crippen LogP contribution in [-0.4, -0.2) is 34.5 Å². The second-order valence-electron chi connectivity index (χ2n) is 8.35. The largest absolute Gasteiger partial charge is 0.481 e. The van der Waals surface area contributed by atoms with Gasteiger partial charge >= 0.3 is 5.97 Å². The fraction of sp³-hybridized carbons (Fsp3) is 0.440. The zero-order valence-corrected chi connectivity index (χ0v) is 17.2. The van der Waals surface area contributed by atoms with E-state index < -0.39 is 47.6 Å². The molecule has 0 spiro atoms. The minimum atomic E-state index is -2.72. The lowest BCUT2D eigenvalue weighted by molar-refractivity contribution is -0.145. The lowest BCUT2D eigenvalue weighted by Crippen LogP contribution is -2.45. The number of nitrogens with zero attached hydrogens (tertiary/aromatic N) is 1. The number of nitrogens with one attached hydrogen (secondary N) is 1. The maximum atomic E-state index is 14.8. The summed E-state index contributed by atoms with van der Waals surface area (Å²) in [7, 11) is 0. The molecular formula is C25H29FN2O3. The van der Waals surface area contributed by atoms with E-state index >= 15 is 0 Å². The molecule has 31 heavy (non-hydrogen) atoms. The number of aliphatic carboxylic acids is 1. The maximum absolute atomic E-state index is 14.8. The Hall–Kier alpha value is -2.89. The Morgan fingerprint density at radius 2 is 1.97 bits per heavy atom. The smallest absolute Gasteiger partial charge is 0.308 e. The molecule has 5 nitrogen and oxygen atoms in total. The maximum Gasteiger partial charge on any atom is 0.308 e. The van der Waals surface area contributed by atoms with Crippen LogP contribution in [0, 0.1) is 18.6 Å². The van der Waals surface area contributed by atoms with Crippen molar-refractivity contribution in [3.8, 4) is 0 Å². The number of aryl methyl sites for hydroxylation is 1. The Balaban J connectivity index is 1.73. The average Bonchev–Trinajstić information content (AvgIpc) is 3.32. The number of hydrogen-bond donors (Lipinski definition) is 2. The van der Waals surface area contributed by atoms with E-state index in [0.717, 1.165) is 31.7 Å². The highest BCUT2D eigenvalue weighted by molar-refractivity contribution is 5.96. The number of carboxylic acid groups (broad SMARTS) is 1. The van der Waals surface area contributed by atoms with Crippen LogP contribution in [0.3, 0.4) is 0 Å². The lowest BCUT2D eigenvalue weighted by Gasteiger charge is -2.40. The third kappa shape index (κ3) is 4.43. The predicted molar refractivity (Wildman–Crippen MR) is 118 cm³/mol. The highest BCUT2D eigenvalue weighted by Gasteiger charge is 2.40. The van der Waals surface area contributed by atoms with Gasteiger partial charge in [0.05, 0.1) is 18.9 Å². The molecule has 2 aliphatic rings. The summed E-state index contributed by atoms with van der Waals surface area (Å²) in [5.41, 5.74) is 0.129. The minimum absolute atomic E-state index is 0.150. The topological polar surface area (TPSA) is 69.6 Å². The van der Waals surface area contributed by atoms with E-state index in [-0.39, 0.29) is 12.6 Å². The Morgan fingerprint density at radius 3 is 2.68 bits per heavy atom. The summed E-state index contributed by atoms with van der Waals surface area (Å²) in [6, 6.07) is 7.97. The van der Waals surface area contributed by atoms with Gasteiger partial charge in [-0.3, -0.25) is 9.59 Å². The van der Waals surface area contributed by atoms with Crippen LogP contribution in [0.15, 0.2) is 42.4 Å². The summed E-state index contributed by atoms with van der Waals surface area (Å²) in [4.78, 5) is 27.0. The van der Waals surface area contributed by atoms with E-state index in [1.54, 1.807) is 18.2 Å². The monoisotopic (exact) mass is 428 g/mol. The van der Waals surface area contributed by atoms with Crippen LogP contribution in [0.5, 0.6) is 0 Å². The summed E-state index contributed by atoms with van der Waals surface area (Å²) in [5.74, 6) is -3.89. The summed E-state index contributed by atoms with van der Waals surface area (Å²) < 4.78 is 46.6. The Bertz CT molecular complexity index is 1120. The SMILES string of the molecule is [2H]c1cc([C@H]2[C@@H](C(=O)O)CCCN2C(=O)c2c(F)cccc2C([2H])([2H])[2H])ccc1NC1CCCC1. The number of rotatable bonds is 5. The van der Waals surface area contributed by atoms with Crippen LogP contribution in [0.2, 0.25) is 0 Å². The summed E-state index contributed by atoms with van der Waals surface area (Å²) in [6.07, 6.45) is 5.02. The van der Waals surface area contributed by atoms with Crippen molar-refractivity contribution in [2.24, 2.45) is 5.92 Å². The van der Waals surface area contributed by atoms with E-state index in [4.69, 9.17) is 5.48 Å². The van der Waals surface area contributed by atoms with E-state index in [1.807, 2.05) is 0 Å². The lowest BCUT2D eigenvalue weighted by atomic mass is 9.84. The van der Waals surface area contributed by atoms with Crippen molar-refractivity contribution in [1.82, 2.24) is 4.90 Å².